The molecule has 0 radical (unpaired) electrons. The fourth-order valence-corrected chi connectivity index (χ4v) is 2.36. The maximum atomic E-state index is 12.2. The summed E-state index contributed by atoms with van der Waals surface area (Å²) < 4.78 is 5.73. The van der Waals surface area contributed by atoms with Gasteiger partial charge in [0.05, 0.1) is 22.5 Å². The zero-order chi connectivity index (χ0) is 16.9. The second kappa shape index (κ2) is 7.15. The summed E-state index contributed by atoms with van der Waals surface area (Å²) in [5.74, 6) is 0.924. The number of hydrogen-bond donors (Lipinski definition) is 1. The smallest absolute Gasteiger partial charge is 0.257 e. The van der Waals surface area contributed by atoms with Crippen molar-refractivity contribution in [1.82, 2.24) is 4.98 Å². The van der Waals surface area contributed by atoms with Crippen LogP contribution in [0.2, 0.25) is 5.02 Å². The number of aromatic nitrogens is 1. The fourth-order valence-electron chi connectivity index (χ4n) is 2.14. The molecule has 0 saturated carbocycles. The predicted octanol–water partition coefficient (Wildman–Crippen LogP) is 5.09. The molecule has 0 bridgehead atoms. The van der Waals surface area contributed by atoms with Crippen LogP contribution in [-0.4, -0.2) is 10.9 Å². The quantitative estimate of drug-likeness (QED) is 0.721. The van der Waals surface area contributed by atoms with E-state index in [-0.39, 0.29) is 5.91 Å². The highest BCUT2D eigenvalue weighted by atomic mass is 35.5. The monoisotopic (exact) mass is 338 g/mol. The highest BCUT2D eigenvalue weighted by Gasteiger charge is 2.10. The number of halogens is 1. The van der Waals surface area contributed by atoms with E-state index in [1.165, 1.54) is 0 Å². The molecule has 24 heavy (non-hydrogen) atoms. The molecule has 0 fully saturated rings. The Morgan fingerprint density at radius 2 is 1.79 bits per heavy atom. The number of hydrogen-bond acceptors (Lipinski definition) is 3. The maximum Gasteiger partial charge on any atom is 0.257 e. The van der Waals surface area contributed by atoms with Gasteiger partial charge < -0.3 is 10.1 Å². The lowest BCUT2D eigenvalue weighted by Gasteiger charge is -2.09. The molecule has 1 heterocycles. The van der Waals surface area contributed by atoms with Crippen molar-refractivity contribution in [2.75, 3.05) is 5.32 Å². The molecule has 0 aliphatic carbocycles. The predicted molar refractivity (Wildman–Crippen MR) is 94.9 cm³/mol. The van der Waals surface area contributed by atoms with Crippen LogP contribution < -0.4 is 10.1 Å². The Labute approximate surface area is 145 Å². The number of nitrogens with one attached hydrogen (secondary N) is 1. The average Bonchev–Trinajstić information content (AvgIpc) is 2.59. The van der Waals surface area contributed by atoms with Gasteiger partial charge in [-0.3, -0.25) is 4.79 Å². The molecule has 0 spiro atoms. The van der Waals surface area contributed by atoms with Crippen LogP contribution in [0.5, 0.6) is 11.6 Å². The van der Waals surface area contributed by atoms with Crippen molar-refractivity contribution in [3.63, 3.8) is 0 Å². The summed E-state index contributed by atoms with van der Waals surface area (Å²) in [6.07, 6.45) is 1.54. The zero-order valence-corrected chi connectivity index (χ0v) is 13.7. The van der Waals surface area contributed by atoms with Crippen LogP contribution in [0.4, 0.5) is 5.69 Å². The van der Waals surface area contributed by atoms with Crippen molar-refractivity contribution >= 4 is 23.2 Å². The first kappa shape index (κ1) is 16.0. The minimum absolute atomic E-state index is 0.282. The Balaban J connectivity index is 1.70. The molecule has 1 aromatic heterocycles. The van der Waals surface area contributed by atoms with E-state index < -0.39 is 0 Å². The lowest BCUT2D eigenvalue weighted by atomic mass is 10.2. The number of anilines is 1. The van der Waals surface area contributed by atoms with E-state index in [0.717, 1.165) is 11.3 Å². The molecule has 0 unspecified atom stereocenters. The van der Waals surface area contributed by atoms with Gasteiger partial charge in [0.1, 0.15) is 5.75 Å². The minimum atomic E-state index is -0.282. The highest BCUT2D eigenvalue weighted by molar-refractivity contribution is 6.34. The summed E-state index contributed by atoms with van der Waals surface area (Å²) in [5, 5.41) is 3.17. The van der Waals surface area contributed by atoms with Gasteiger partial charge in [-0.1, -0.05) is 41.9 Å². The molecular formula is C19H15ClN2O2. The van der Waals surface area contributed by atoms with E-state index in [0.29, 0.717) is 22.2 Å². The van der Waals surface area contributed by atoms with Gasteiger partial charge in [-0.25, -0.2) is 4.98 Å². The van der Waals surface area contributed by atoms with Crippen LogP contribution in [-0.2, 0) is 0 Å². The Kier molecular flexibility index (Phi) is 4.77. The molecule has 0 saturated heterocycles. The SMILES string of the molecule is Cc1ccccc1Oc1ccc(NC(=O)c2ccccc2Cl)cn1. The van der Waals surface area contributed by atoms with Crippen LogP contribution in [0.3, 0.4) is 0 Å². The van der Waals surface area contributed by atoms with Gasteiger partial charge in [-0.2, -0.15) is 0 Å². The number of ether oxygens (including phenoxy) is 1. The third-order valence-corrected chi connectivity index (χ3v) is 3.75. The van der Waals surface area contributed by atoms with Crippen molar-refractivity contribution in [1.29, 1.82) is 0 Å². The normalized spacial score (nSPS) is 10.2. The van der Waals surface area contributed by atoms with Gasteiger partial charge in [-0.05, 0) is 36.8 Å². The van der Waals surface area contributed by atoms with E-state index in [9.17, 15) is 4.79 Å². The number of benzene rings is 2. The van der Waals surface area contributed by atoms with Crippen LogP contribution in [0.25, 0.3) is 0 Å². The van der Waals surface area contributed by atoms with Crippen LogP contribution >= 0.6 is 11.6 Å². The number of rotatable bonds is 4. The summed E-state index contributed by atoms with van der Waals surface area (Å²) in [6.45, 7) is 1.97. The second-order valence-electron chi connectivity index (χ2n) is 5.19. The molecule has 5 heteroatoms. The molecule has 0 aliphatic heterocycles. The average molecular weight is 339 g/mol. The van der Waals surface area contributed by atoms with Crippen LogP contribution in [0.1, 0.15) is 15.9 Å². The van der Waals surface area contributed by atoms with E-state index in [2.05, 4.69) is 10.3 Å². The summed E-state index contributed by atoms with van der Waals surface area (Å²) in [4.78, 5) is 16.4. The number of amides is 1. The summed E-state index contributed by atoms with van der Waals surface area (Å²) in [7, 11) is 0. The molecule has 3 aromatic rings. The molecule has 0 aliphatic rings. The van der Waals surface area contributed by atoms with E-state index >= 15 is 0 Å². The van der Waals surface area contributed by atoms with Gasteiger partial charge in [0.2, 0.25) is 5.88 Å². The van der Waals surface area contributed by atoms with Crippen LogP contribution in [0.15, 0.2) is 66.9 Å². The molecule has 1 N–H and O–H groups in total. The number of nitrogens with zero attached hydrogens (tertiary/aromatic N) is 1. The molecule has 0 atom stereocenters. The molecule has 4 nitrogen and oxygen atoms in total. The lowest BCUT2D eigenvalue weighted by Crippen LogP contribution is -2.12. The standard InChI is InChI=1S/C19H15ClN2O2/c1-13-6-2-5-9-17(13)24-18-11-10-14(12-21-18)22-19(23)15-7-3-4-8-16(15)20/h2-12H,1H3,(H,22,23). The maximum absolute atomic E-state index is 12.2. The first-order chi connectivity index (χ1) is 11.6. The number of carbonyl (C=O) groups is 1. The summed E-state index contributed by atoms with van der Waals surface area (Å²) >= 11 is 6.02. The van der Waals surface area contributed by atoms with Crippen LogP contribution in [0, 0.1) is 6.92 Å². The molecular weight excluding hydrogens is 324 g/mol. The van der Waals surface area contributed by atoms with Gasteiger partial charge in [0.25, 0.3) is 5.91 Å². The number of aryl methyl sites for hydroxylation is 1. The Morgan fingerprint density at radius 3 is 2.50 bits per heavy atom. The number of carbonyl (C=O) groups excluding carboxylic acids is 1. The van der Waals surface area contributed by atoms with Gasteiger partial charge in [0, 0.05) is 6.07 Å². The second-order valence-corrected chi connectivity index (χ2v) is 5.59. The third kappa shape index (κ3) is 3.73. The van der Waals surface area contributed by atoms with Crippen molar-refractivity contribution in [3.8, 4) is 11.6 Å². The Hall–Kier alpha value is -2.85. The van der Waals surface area contributed by atoms with E-state index in [1.54, 1.807) is 42.6 Å². The van der Waals surface area contributed by atoms with E-state index in [4.69, 9.17) is 16.3 Å². The zero-order valence-electron chi connectivity index (χ0n) is 13.0. The van der Waals surface area contributed by atoms with Crippen molar-refractivity contribution < 1.29 is 9.53 Å². The van der Waals surface area contributed by atoms with E-state index in [1.807, 2.05) is 31.2 Å². The number of pyridine rings is 1. The van der Waals surface area contributed by atoms with Crippen molar-refractivity contribution in [2.24, 2.45) is 0 Å². The first-order valence-electron chi connectivity index (χ1n) is 7.39. The third-order valence-electron chi connectivity index (χ3n) is 3.42. The topological polar surface area (TPSA) is 51.2 Å². The van der Waals surface area contributed by atoms with Crippen molar-refractivity contribution in [3.05, 3.63) is 83.0 Å². The summed E-state index contributed by atoms with van der Waals surface area (Å²) in [5.41, 5.74) is 2.01. The molecule has 1 amide bonds. The van der Waals surface area contributed by atoms with Gasteiger partial charge in [0.15, 0.2) is 0 Å². The molecule has 2 aromatic carbocycles. The Morgan fingerprint density at radius 1 is 1.04 bits per heavy atom. The minimum Gasteiger partial charge on any atom is -0.439 e. The number of para-hydroxylation sites is 1. The molecule has 120 valence electrons. The summed E-state index contributed by atoms with van der Waals surface area (Å²) in [6, 6.07) is 18.0. The lowest BCUT2D eigenvalue weighted by molar-refractivity contribution is 0.102. The van der Waals surface area contributed by atoms with Crippen molar-refractivity contribution in [2.45, 2.75) is 6.92 Å². The largest absolute Gasteiger partial charge is 0.439 e. The fraction of sp³-hybridized carbons (Fsp3) is 0.0526. The van der Waals surface area contributed by atoms with Gasteiger partial charge >= 0.3 is 0 Å². The molecule has 3 rings (SSSR count). The van der Waals surface area contributed by atoms with Gasteiger partial charge in [-0.15, -0.1) is 0 Å². The first-order valence-corrected chi connectivity index (χ1v) is 7.77. The Bertz CT molecular complexity index is 863. The highest BCUT2D eigenvalue weighted by Crippen LogP contribution is 2.24.